The summed E-state index contributed by atoms with van der Waals surface area (Å²) in [7, 11) is 0. The van der Waals surface area contributed by atoms with E-state index in [4.69, 9.17) is 9.47 Å². The monoisotopic (exact) mass is 300 g/mol. The van der Waals surface area contributed by atoms with Crippen molar-refractivity contribution >= 4 is 12.0 Å². The van der Waals surface area contributed by atoms with Crippen LogP contribution in [-0.4, -0.2) is 49.1 Å². The summed E-state index contributed by atoms with van der Waals surface area (Å²) in [6.07, 6.45) is 11.4. The Morgan fingerprint density at radius 1 is 1.27 bits per heavy atom. The summed E-state index contributed by atoms with van der Waals surface area (Å²) in [6.45, 7) is 3.70. The Balaban J connectivity index is 1.53. The Bertz CT molecular complexity index is 577. The van der Waals surface area contributed by atoms with E-state index in [2.05, 4.69) is 32.0 Å². The third kappa shape index (κ3) is 4.14. The molecule has 1 saturated heterocycles. The maximum atomic E-state index is 5.67. The molecule has 0 amide bonds. The number of allylic oxidation sites excluding steroid dienone is 3. The standard InChI is InChI=1S/C16H20N4O2/c1-2-4-14(17-7-3-1)6-11-22-16-18-8-5-15(19-16)20-9-12-21-13-10-20/h1,3-5,7-8H,2,6,9-13H2. The number of hydrogen-bond donors (Lipinski definition) is 0. The Morgan fingerprint density at radius 3 is 3.09 bits per heavy atom. The van der Waals surface area contributed by atoms with E-state index in [0.29, 0.717) is 12.6 Å². The van der Waals surface area contributed by atoms with Crippen LogP contribution in [0.3, 0.4) is 0 Å². The second-order valence-electron chi connectivity index (χ2n) is 5.03. The highest BCUT2D eigenvalue weighted by Gasteiger charge is 2.13. The summed E-state index contributed by atoms with van der Waals surface area (Å²) in [5, 5.41) is 0. The minimum Gasteiger partial charge on any atom is -0.463 e. The van der Waals surface area contributed by atoms with Gasteiger partial charge in [0.05, 0.1) is 19.8 Å². The van der Waals surface area contributed by atoms with Gasteiger partial charge in [0.2, 0.25) is 0 Å². The molecule has 6 heteroatoms. The molecule has 1 fully saturated rings. The predicted octanol–water partition coefficient (Wildman–Crippen LogP) is 2.00. The van der Waals surface area contributed by atoms with E-state index in [1.165, 1.54) is 0 Å². The van der Waals surface area contributed by atoms with Crippen LogP contribution in [-0.2, 0) is 4.74 Å². The van der Waals surface area contributed by atoms with Crippen LogP contribution in [0, 0.1) is 0 Å². The fraction of sp³-hybridized carbons (Fsp3) is 0.438. The molecule has 6 nitrogen and oxygen atoms in total. The summed E-state index contributed by atoms with van der Waals surface area (Å²) in [6, 6.07) is 2.32. The molecule has 0 aliphatic carbocycles. The van der Waals surface area contributed by atoms with Crippen molar-refractivity contribution in [3.8, 4) is 6.01 Å². The molecule has 2 aliphatic rings. The molecule has 0 spiro atoms. The number of hydrogen-bond acceptors (Lipinski definition) is 6. The topological polar surface area (TPSA) is 59.8 Å². The molecule has 1 aromatic rings. The van der Waals surface area contributed by atoms with Crippen molar-refractivity contribution in [2.75, 3.05) is 37.8 Å². The van der Waals surface area contributed by atoms with Crippen molar-refractivity contribution in [2.24, 2.45) is 4.99 Å². The second-order valence-corrected chi connectivity index (χ2v) is 5.03. The van der Waals surface area contributed by atoms with Crippen molar-refractivity contribution in [3.63, 3.8) is 0 Å². The van der Waals surface area contributed by atoms with Gasteiger partial charge >= 0.3 is 6.01 Å². The van der Waals surface area contributed by atoms with Crippen LogP contribution in [0.5, 0.6) is 6.01 Å². The third-order valence-electron chi connectivity index (χ3n) is 3.50. The Hall–Kier alpha value is -2.21. The Morgan fingerprint density at radius 2 is 2.18 bits per heavy atom. The zero-order valence-corrected chi connectivity index (χ0v) is 12.5. The van der Waals surface area contributed by atoms with E-state index in [1.54, 1.807) is 6.20 Å². The lowest BCUT2D eigenvalue weighted by Gasteiger charge is -2.27. The fourth-order valence-corrected chi connectivity index (χ4v) is 2.32. The molecule has 3 heterocycles. The second kappa shape index (κ2) is 7.70. The molecule has 0 bridgehead atoms. The maximum Gasteiger partial charge on any atom is 0.318 e. The Kier molecular flexibility index (Phi) is 5.15. The van der Waals surface area contributed by atoms with Crippen LogP contribution in [0.15, 0.2) is 41.2 Å². The number of ether oxygens (including phenoxy) is 2. The minimum absolute atomic E-state index is 0.417. The highest BCUT2D eigenvalue weighted by molar-refractivity contribution is 5.72. The van der Waals surface area contributed by atoms with Gasteiger partial charge in [-0.25, -0.2) is 4.98 Å². The molecule has 116 valence electrons. The molecule has 22 heavy (non-hydrogen) atoms. The van der Waals surface area contributed by atoms with E-state index < -0.39 is 0 Å². The smallest absolute Gasteiger partial charge is 0.318 e. The van der Waals surface area contributed by atoms with Gasteiger partial charge in [0.15, 0.2) is 0 Å². The first kappa shape index (κ1) is 14.7. The lowest BCUT2D eigenvalue weighted by molar-refractivity contribution is 0.122. The molecular formula is C16H20N4O2. The summed E-state index contributed by atoms with van der Waals surface area (Å²) >= 11 is 0. The molecule has 3 rings (SSSR count). The molecule has 0 unspecified atom stereocenters. The van der Waals surface area contributed by atoms with Gasteiger partial charge in [0.1, 0.15) is 5.82 Å². The third-order valence-corrected chi connectivity index (χ3v) is 3.50. The zero-order chi connectivity index (χ0) is 15.0. The predicted molar refractivity (Wildman–Crippen MR) is 85.5 cm³/mol. The first-order chi connectivity index (χ1) is 10.9. The van der Waals surface area contributed by atoms with Gasteiger partial charge in [-0.15, -0.1) is 0 Å². The van der Waals surface area contributed by atoms with Gasteiger partial charge in [-0.05, 0) is 18.6 Å². The lowest BCUT2D eigenvalue weighted by atomic mass is 10.3. The molecule has 0 N–H and O–H groups in total. The first-order valence-electron chi connectivity index (χ1n) is 7.58. The minimum atomic E-state index is 0.417. The van der Waals surface area contributed by atoms with Crippen LogP contribution < -0.4 is 9.64 Å². The van der Waals surface area contributed by atoms with Gasteiger partial charge in [0.25, 0.3) is 0 Å². The van der Waals surface area contributed by atoms with Crippen LogP contribution in [0.2, 0.25) is 0 Å². The van der Waals surface area contributed by atoms with Crippen molar-refractivity contribution in [3.05, 3.63) is 36.2 Å². The van der Waals surface area contributed by atoms with E-state index in [-0.39, 0.29) is 0 Å². The normalized spacial score (nSPS) is 18.0. The van der Waals surface area contributed by atoms with Gasteiger partial charge in [-0.1, -0.05) is 12.2 Å². The van der Waals surface area contributed by atoms with Gasteiger partial charge in [0, 0.05) is 37.6 Å². The highest BCUT2D eigenvalue weighted by atomic mass is 16.5. The largest absolute Gasteiger partial charge is 0.463 e. The first-order valence-corrected chi connectivity index (χ1v) is 7.58. The van der Waals surface area contributed by atoms with Crippen molar-refractivity contribution in [2.45, 2.75) is 12.8 Å². The van der Waals surface area contributed by atoms with Crippen LogP contribution in [0.25, 0.3) is 0 Å². The van der Waals surface area contributed by atoms with Crippen molar-refractivity contribution < 1.29 is 9.47 Å². The molecule has 0 saturated carbocycles. The molecule has 0 atom stereocenters. The molecular weight excluding hydrogens is 280 g/mol. The SMILES string of the molecule is C1=CCC=C(CCOc2nccc(N3CCOCC3)n2)N=C1. The van der Waals surface area contributed by atoms with Crippen LogP contribution in [0.4, 0.5) is 5.82 Å². The summed E-state index contributed by atoms with van der Waals surface area (Å²) in [4.78, 5) is 15.2. The Labute approximate surface area is 130 Å². The highest BCUT2D eigenvalue weighted by Crippen LogP contribution is 2.15. The van der Waals surface area contributed by atoms with E-state index in [0.717, 1.165) is 50.7 Å². The van der Waals surface area contributed by atoms with E-state index >= 15 is 0 Å². The number of aliphatic imine (C=N–C) groups is 1. The average Bonchev–Trinajstić information content (AvgIpc) is 2.85. The quantitative estimate of drug-likeness (QED) is 0.832. The average molecular weight is 300 g/mol. The molecule has 0 aromatic carbocycles. The van der Waals surface area contributed by atoms with Crippen LogP contribution in [0.1, 0.15) is 12.8 Å². The number of anilines is 1. The van der Waals surface area contributed by atoms with E-state index in [9.17, 15) is 0 Å². The summed E-state index contributed by atoms with van der Waals surface area (Å²) < 4.78 is 11.0. The molecule has 1 aromatic heterocycles. The van der Waals surface area contributed by atoms with Gasteiger partial charge in [-0.3, -0.25) is 4.99 Å². The number of rotatable bonds is 5. The number of aromatic nitrogens is 2. The van der Waals surface area contributed by atoms with Crippen LogP contribution >= 0.6 is 0 Å². The fourth-order valence-electron chi connectivity index (χ4n) is 2.32. The zero-order valence-electron chi connectivity index (χ0n) is 12.5. The van der Waals surface area contributed by atoms with Gasteiger partial charge in [-0.2, -0.15) is 4.98 Å². The summed E-state index contributed by atoms with van der Waals surface area (Å²) in [5.74, 6) is 0.893. The number of nitrogens with zero attached hydrogens (tertiary/aromatic N) is 4. The maximum absolute atomic E-state index is 5.67. The van der Waals surface area contributed by atoms with E-state index in [1.807, 2.05) is 18.4 Å². The number of morpholine rings is 1. The van der Waals surface area contributed by atoms with Crippen molar-refractivity contribution in [1.82, 2.24) is 9.97 Å². The molecule has 2 aliphatic heterocycles. The summed E-state index contributed by atoms with van der Waals surface area (Å²) in [5.41, 5.74) is 1.04. The van der Waals surface area contributed by atoms with Crippen molar-refractivity contribution in [1.29, 1.82) is 0 Å². The molecule has 0 radical (unpaired) electrons. The lowest BCUT2D eigenvalue weighted by Crippen LogP contribution is -2.36. The van der Waals surface area contributed by atoms with Gasteiger partial charge < -0.3 is 14.4 Å².